The first-order valence-electron chi connectivity index (χ1n) is 8.99. The van der Waals surface area contributed by atoms with Gasteiger partial charge in [0.2, 0.25) is 5.75 Å². The first-order valence-corrected chi connectivity index (χ1v) is 8.99. The van der Waals surface area contributed by atoms with Gasteiger partial charge in [-0.3, -0.25) is 0 Å². The Bertz CT molecular complexity index is 691. The molecule has 4 fully saturated rings. The van der Waals surface area contributed by atoms with E-state index >= 15 is 0 Å². The van der Waals surface area contributed by atoms with Gasteiger partial charge in [0.1, 0.15) is 0 Å². The molecule has 1 heterocycles. The van der Waals surface area contributed by atoms with Crippen LogP contribution in [0.25, 0.3) is 0 Å². The fourth-order valence-corrected chi connectivity index (χ4v) is 5.31. The molecule has 0 aromatic heterocycles. The molecule has 0 unspecified atom stereocenters. The minimum absolute atomic E-state index is 0.132. The highest BCUT2D eigenvalue weighted by Gasteiger charge is 2.68. The topological polar surface area (TPSA) is 46.2 Å². The molecule has 3 aliphatic carbocycles. The van der Waals surface area contributed by atoms with E-state index in [1.165, 1.54) is 6.42 Å². The van der Waals surface area contributed by atoms with Crippen LogP contribution in [-0.2, 0) is 9.31 Å². The van der Waals surface area contributed by atoms with Gasteiger partial charge < -0.3 is 23.5 Å². The van der Waals surface area contributed by atoms with Gasteiger partial charge in [-0.15, -0.1) is 0 Å². The fourth-order valence-electron chi connectivity index (χ4n) is 5.31. The average Bonchev–Trinajstić information content (AvgIpc) is 2.96. The molecule has 5 rings (SSSR count). The minimum atomic E-state index is -0.445. The number of rotatable bonds is 4. The van der Waals surface area contributed by atoms with E-state index in [0.29, 0.717) is 28.6 Å². The van der Waals surface area contributed by atoms with Crippen LogP contribution in [0.2, 0.25) is 0 Å². The summed E-state index contributed by atoms with van der Waals surface area (Å²) in [6.07, 6.45) is 2.43. The number of hydrogen-bond acceptors (Lipinski definition) is 5. The van der Waals surface area contributed by atoms with Crippen LogP contribution in [0.15, 0.2) is 12.1 Å². The second kappa shape index (κ2) is 5.55. The number of hydrogen-bond donors (Lipinski definition) is 0. The van der Waals surface area contributed by atoms with Crippen LogP contribution in [0, 0.1) is 17.3 Å². The lowest BCUT2D eigenvalue weighted by Crippen LogP contribution is -2.65. The van der Waals surface area contributed by atoms with Crippen molar-refractivity contribution in [3.8, 4) is 17.2 Å². The van der Waals surface area contributed by atoms with Gasteiger partial charge in [0, 0.05) is 5.46 Å². The molecule has 2 bridgehead atoms. The normalized spacial score (nSPS) is 35.0. The SMILES string of the molecule is COc1ccc(B2O[C@H]3C[C@H]4C[C@H](C4(C)C)[C@@]3(C)O2)c(OC)c1OC. The summed E-state index contributed by atoms with van der Waals surface area (Å²) in [5.74, 6) is 3.07. The standard InChI is InChI=1S/C19H27BO5/c1-18(2)11-9-14(18)19(3)15(10-11)24-20(25-19)12-7-8-13(21-4)17(23-6)16(12)22-5/h7-8,11,14-15H,9-10H2,1-6H3/t11-,14-,15+,19-/m1/s1. The molecule has 1 aromatic rings. The quantitative estimate of drug-likeness (QED) is 0.785. The molecular formula is C19H27BO5. The van der Waals surface area contributed by atoms with Crippen LogP contribution in [0.4, 0.5) is 0 Å². The zero-order valence-corrected chi connectivity index (χ0v) is 15.9. The number of methoxy groups -OCH3 is 3. The van der Waals surface area contributed by atoms with Crippen molar-refractivity contribution in [3.63, 3.8) is 0 Å². The van der Waals surface area contributed by atoms with E-state index in [1.807, 2.05) is 12.1 Å². The van der Waals surface area contributed by atoms with Crippen molar-refractivity contribution in [2.75, 3.05) is 21.3 Å². The Morgan fingerprint density at radius 3 is 2.32 bits per heavy atom. The lowest BCUT2D eigenvalue weighted by atomic mass is 9.43. The zero-order chi connectivity index (χ0) is 18.0. The van der Waals surface area contributed by atoms with Crippen LogP contribution in [0.5, 0.6) is 17.2 Å². The Morgan fingerprint density at radius 2 is 1.72 bits per heavy atom. The summed E-state index contributed by atoms with van der Waals surface area (Å²) in [5.41, 5.74) is 0.928. The summed E-state index contributed by atoms with van der Waals surface area (Å²) in [7, 11) is 4.41. The predicted octanol–water partition coefficient (Wildman–Crippen LogP) is 2.65. The molecule has 6 heteroatoms. The van der Waals surface area contributed by atoms with E-state index in [9.17, 15) is 0 Å². The Balaban J connectivity index is 1.69. The summed E-state index contributed by atoms with van der Waals surface area (Å²) in [4.78, 5) is 0. The van der Waals surface area contributed by atoms with Gasteiger partial charge in [0.25, 0.3) is 0 Å². The maximum Gasteiger partial charge on any atom is 0.498 e. The number of benzene rings is 1. The molecule has 0 amide bonds. The highest BCUT2D eigenvalue weighted by molar-refractivity contribution is 6.63. The summed E-state index contributed by atoms with van der Waals surface area (Å²) >= 11 is 0. The van der Waals surface area contributed by atoms with E-state index in [-0.39, 0.29) is 11.7 Å². The molecule has 3 saturated carbocycles. The molecule has 0 N–H and O–H groups in total. The van der Waals surface area contributed by atoms with E-state index in [1.54, 1.807) is 21.3 Å². The summed E-state index contributed by atoms with van der Waals surface area (Å²) < 4.78 is 29.4. The van der Waals surface area contributed by atoms with Gasteiger partial charge in [-0.05, 0) is 43.1 Å². The van der Waals surface area contributed by atoms with Crippen molar-refractivity contribution >= 4 is 12.6 Å². The average molecular weight is 346 g/mol. The van der Waals surface area contributed by atoms with Gasteiger partial charge in [-0.1, -0.05) is 19.9 Å². The molecule has 1 saturated heterocycles. The van der Waals surface area contributed by atoms with E-state index in [0.717, 1.165) is 17.8 Å². The first kappa shape index (κ1) is 17.0. The molecule has 4 aliphatic rings. The second-order valence-electron chi connectivity index (χ2n) is 8.22. The molecule has 1 aliphatic heterocycles. The van der Waals surface area contributed by atoms with E-state index < -0.39 is 7.12 Å². The molecule has 25 heavy (non-hydrogen) atoms. The molecule has 0 radical (unpaired) electrons. The van der Waals surface area contributed by atoms with Gasteiger partial charge in [-0.2, -0.15) is 0 Å². The molecule has 0 spiro atoms. The van der Waals surface area contributed by atoms with Crippen LogP contribution < -0.4 is 19.7 Å². The Morgan fingerprint density at radius 1 is 1.00 bits per heavy atom. The van der Waals surface area contributed by atoms with Crippen LogP contribution >= 0.6 is 0 Å². The molecule has 136 valence electrons. The third-order valence-electron chi connectivity index (χ3n) is 6.94. The van der Waals surface area contributed by atoms with Crippen molar-refractivity contribution in [3.05, 3.63) is 12.1 Å². The van der Waals surface area contributed by atoms with Crippen molar-refractivity contribution in [2.24, 2.45) is 17.3 Å². The second-order valence-corrected chi connectivity index (χ2v) is 8.22. The summed E-state index contributed by atoms with van der Waals surface area (Å²) in [5, 5.41) is 0. The molecule has 1 aromatic carbocycles. The predicted molar refractivity (Wildman–Crippen MR) is 95.8 cm³/mol. The van der Waals surface area contributed by atoms with Gasteiger partial charge in [-0.25, -0.2) is 0 Å². The summed E-state index contributed by atoms with van der Waals surface area (Å²) in [6, 6.07) is 3.82. The van der Waals surface area contributed by atoms with Gasteiger partial charge in [0.15, 0.2) is 11.5 Å². The Labute approximate surface area is 150 Å². The van der Waals surface area contributed by atoms with Crippen LogP contribution in [0.1, 0.15) is 33.6 Å². The molecule has 5 nitrogen and oxygen atoms in total. The first-order chi connectivity index (χ1) is 11.9. The van der Waals surface area contributed by atoms with Crippen molar-refractivity contribution in [1.29, 1.82) is 0 Å². The maximum absolute atomic E-state index is 6.54. The van der Waals surface area contributed by atoms with Gasteiger partial charge >= 0.3 is 7.12 Å². The fraction of sp³-hybridized carbons (Fsp3) is 0.684. The zero-order valence-electron chi connectivity index (χ0n) is 15.9. The highest BCUT2D eigenvalue weighted by atomic mass is 16.7. The number of ether oxygens (including phenoxy) is 3. The van der Waals surface area contributed by atoms with Crippen molar-refractivity contribution in [1.82, 2.24) is 0 Å². The maximum atomic E-state index is 6.54. The lowest BCUT2D eigenvalue weighted by Gasteiger charge is -2.64. The minimum Gasteiger partial charge on any atom is -0.493 e. The van der Waals surface area contributed by atoms with Crippen molar-refractivity contribution < 1.29 is 23.5 Å². The highest BCUT2D eigenvalue weighted by Crippen LogP contribution is 2.65. The monoisotopic (exact) mass is 346 g/mol. The molecule has 4 atom stereocenters. The Hall–Kier alpha value is -1.40. The van der Waals surface area contributed by atoms with E-state index in [4.69, 9.17) is 23.5 Å². The lowest BCUT2D eigenvalue weighted by molar-refractivity contribution is -0.199. The summed E-state index contributed by atoms with van der Waals surface area (Å²) in [6.45, 7) is 6.94. The largest absolute Gasteiger partial charge is 0.498 e. The smallest absolute Gasteiger partial charge is 0.493 e. The van der Waals surface area contributed by atoms with E-state index in [2.05, 4.69) is 20.8 Å². The Kier molecular flexibility index (Phi) is 3.78. The van der Waals surface area contributed by atoms with Crippen LogP contribution in [0.3, 0.4) is 0 Å². The van der Waals surface area contributed by atoms with Gasteiger partial charge in [0.05, 0.1) is 33.0 Å². The molecular weight excluding hydrogens is 319 g/mol. The third-order valence-corrected chi connectivity index (χ3v) is 6.94. The third kappa shape index (κ3) is 2.16. The van der Waals surface area contributed by atoms with Crippen molar-refractivity contribution in [2.45, 2.75) is 45.3 Å². The van der Waals surface area contributed by atoms with Crippen LogP contribution in [-0.4, -0.2) is 40.2 Å².